The smallest absolute Gasteiger partial charge is 0.180 e. The lowest BCUT2D eigenvalue weighted by molar-refractivity contribution is 0.149. The van der Waals surface area contributed by atoms with Crippen LogP contribution in [0.15, 0.2) is 29.2 Å². The van der Waals surface area contributed by atoms with Crippen LogP contribution in [0.3, 0.4) is 0 Å². The van der Waals surface area contributed by atoms with Crippen molar-refractivity contribution in [2.24, 2.45) is 0 Å². The Morgan fingerprint density at radius 2 is 2.00 bits per heavy atom. The van der Waals surface area contributed by atoms with Gasteiger partial charge < -0.3 is 10.1 Å². The maximum atomic E-state index is 12.1. The molecule has 1 rings (SSSR count). The summed E-state index contributed by atoms with van der Waals surface area (Å²) >= 11 is 5.50. The van der Waals surface area contributed by atoms with E-state index in [9.17, 15) is 8.42 Å². The molecule has 0 aliphatic carbocycles. The molecular formula is C14H22ClNO3S. The highest BCUT2D eigenvalue weighted by molar-refractivity contribution is 7.91. The highest BCUT2D eigenvalue weighted by Crippen LogP contribution is 2.22. The van der Waals surface area contributed by atoms with E-state index in [0.29, 0.717) is 42.6 Å². The number of para-hydroxylation sites is 1. The Bertz CT molecular complexity index is 491. The van der Waals surface area contributed by atoms with Gasteiger partial charge in [0.05, 0.1) is 22.9 Å². The first-order chi connectivity index (χ1) is 9.61. The Morgan fingerprint density at radius 1 is 1.25 bits per heavy atom. The molecule has 0 spiro atoms. The maximum absolute atomic E-state index is 12.1. The Hall–Kier alpha value is -0.780. The van der Waals surface area contributed by atoms with Gasteiger partial charge in [0.25, 0.3) is 0 Å². The van der Waals surface area contributed by atoms with Gasteiger partial charge in [-0.1, -0.05) is 19.1 Å². The molecule has 6 heteroatoms. The summed E-state index contributed by atoms with van der Waals surface area (Å²) in [5.74, 6) is 0.663. The normalized spacial score (nSPS) is 11.5. The first kappa shape index (κ1) is 17.3. The summed E-state index contributed by atoms with van der Waals surface area (Å²) in [6, 6.07) is 7.02. The minimum Gasteiger partial charge on any atom is -0.384 e. The molecule has 0 aliphatic rings. The molecule has 0 aromatic heterocycles. The molecule has 114 valence electrons. The molecule has 0 saturated carbocycles. The molecule has 0 aliphatic heterocycles. The van der Waals surface area contributed by atoms with Crippen molar-refractivity contribution in [2.75, 3.05) is 36.7 Å². The number of hydrogen-bond acceptors (Lipinski definition) is 4. The first-order valence-corrected chi connectivity index (χ1v) is 9.00. The average molecular weight is 320 g/mol. The molecule has 0 heterocycles. The van der Waals surface area contributed by atoms with Crippen LogP contribution in [-0.4, -0.2) is 39.8 Å². The lowest BCUT2D eigenvalue weighted by Gasteiger charge is -2.12. The van der Waals surface area contributed by atoms with Gasteiger partial charge >= 0.3 is 0 Å². The van der Waals surface area contributed by atoms with Gasteiger partial charge in [-0.25, -0.2) is 8.42 Å². The lowest BCUT2D eigenvalue weighted by atomic mass is 10.3. The Balaban J connectivity index is 2.58. The van der Waals surface area contributed by atoms with Gasteiger partial charge in [0.15, 0.2) is 9.84 Å². The second-order valence-corrected chi connectivity index (χ2v) is 6.85. The van der Waals surface area contributed by atoms with Crippen LogP contribution in [0.1, 0.15) is 19.8 Å². The standard InChI is InChI=1S/C14H22ClNO3S/c1-2-12-20(17,18)14-7-4-3-6-13(14)16-9-5-10-19-11-8-15/h3-4,6-7,16H,2,5,8-12H2,1H3. The largest absolute Gasteiger partial charge is 0.384 e. The topological polar surface area (TPSA) is 55.4 Å². The van der Waals surface area contributed by atoms with E-state index in [-0.39, 0.29) is 5.75 Å². The number of benzene rings is 1. The highest BCUT2D eigenvalue weighted by Gasteiger charge is 2.16. The van der Waals surface area contributed by atoms with Crippen LogP contribution >= 0.6 is 11.6 Å². The summed E-state index contributed by atoms with van der Waals surface area (Å²) < 4.78 is 29.6. The molecule has 0 bridgehead atoms. The van der Waals surface area contributed by atoms with E-state index in [1.807, 2.05) is 13.0 Å². The SMILES string of the molecule is CCCS(=O)(=O)c1ccccc1NCCCOCCCl. The zero-order chi connectivity index (χ0) is 14.8. The number of halogens is 1. The van der Waals surface area contributed by atoms with E-state index in [1.165, 1.54) is 0 Å². The number of sulfone groups is 1. The van der Waals surface area contributed by atoms with Crippen LogP contribution < -0.4 is 5.32 Å². The molecule has 20 heavy (non-hydrogen) atoms. The molecule has 0 radical (unpaired) electrons. The Labute approximate surface area is 126 Å². The summed E-state index contributed by atoms with van der Waals surface area (Å²) in [5.41, 5.74) is 0.665. The molecule has 1 aromatic carbocycles. The summed E-state index contributed by atoms with van der Waals surface area (Å²) in [4.78, 5) is 0.378. The van der Waals surface area contributed by atoms with Crippen molar-refractivity contribution in [1.29, 1.82) is 0 Å². The summed E-state index contributed by atoms with van der Waals surface area (Å²) in [6.07, 6.45) is 1.42. The van der Waals surface area contributed by atoms with Gasteiger partial charge in [0, 0.05) is 19.0 Å². The molecule has 0 saturated heterocycles. The third-order valence-corrected chi connectivity index (χ3v) is 4.82. The van der Waals surface area contributed by atoms with Gasteiger partial charge in [-0.3, -0.25) is 0 Å². The van der Waals surface area contributed by atoms with Gasteiger partial charge in [-0.05, 0) is 25.0 Å². The van der Waals surface area contributed by atoms with Gasteiger partial charge in [-0.2, -0.15) is 0 Å². The van der Waals surface area contributed by atoms with Crippen molar-refractivity contribution in [3.8, 4) is 0 Å². The summed E-state index contributed by atoms with van der Waals surface area (Å²) in [5, 5.41) is 3.16. The fraction of sp³-hybridized carbons (Fsp3) is 0.571. The number of anilines is 1. The summed E-state index contributed by atoms with van der Waals surface area (Å²) in [7, 11) is -3.20. The minimum absolute atomic E-state index is 0.171. The van der Waals surface area contributed by atoms with Crippen molar-refractivity contribution >= 4 is 27.1 Å². The minimum atomic E-state index is -3.20. The Kier molecular flexibility index (Phi) is 7.95. The van der Waals surface area contributed by atoms with Crippen LogP contribution in [0.25, 0.3) is 0 Å². The van der Waals surface area contributed by atoms with E-state index in [1.54, 1.807) is 18.2 Å². The molecule has 0 unspecified atom stereocenters. The first-order valence-electron chi connectivity index (χ1n) is 6.81. The number of nitrogens with one attached hydrogen (secondary N) is 1. The van der Waals surface area contributed by atoms with E-state index in [0.717, 1.165) is 6.42 Å². The van der Waals surface area contributed by atoms with E-state index in [2.05, 4.69) is 5.32 Å². The van der Waals surface area contributed by atoms with Crippen LogP contribution in [0.2, 0.25) is 0 Å². The average Bonchev–Trinajstić information content (AvgIpc) is 2.43. The molecular weight excluding hydrogens is 298 g/mol. The van der Waals surface area contributed by atoms with Gasteiger partial charge in [0.1, 0.15) is 0 Å². The third-order valence-electron chi connectivity index (χ3n) is 2.70. The molecule has 0 amide bonds. The lowest BCUT2D eigenvalue weighted by Crippen LogP contribution is -2.12. The van der Waals surface area contributed by atoms with Crippen LogP contribution in [0, 0.1) is 0 Å². The molecule has 0 fully saturated rings. The fourth-order valence-electron chi connectivity index (χ4n) is 1.82. The van der Waals surface area contributed by atoms with Gasteiger partial charge in [-0.15, -0.1) is 11.6 Å². The van der Waals surface area contributed by atoms with Crippen molar-refractivity contribution in [1.82, 2.24) is 0 Å². The van der Waals surface area contributed by atoms with Crippen molar-refractivity contribution in [2.45, 2.75) is 24.7 Å². The van der Waals surface area contributed by atoms with Crippen LogP contribution in [-0.2, 0) is 14.6 Å². The number of ether oxygens (including phenoxy) is 1. The predicted molar refractivity (Wildman–Crippen MR) is 83.4 cm³/mol. The number of rotatable bonds is 10. The molecule has 0 atom stereocenters. The number of hydrogen-bond donors (Lipinski definition) is 1. The predicted octanol–water partition coefficient (Wildman–Crippen LogP) is 2.93. The zero-order valence-electron chi connectivity index (χ0n) is 11.8. The molecule has 4 nitrogen and oxygen atoms in total. The maximum Gasteiger partial charge on any atom is 0.180 e. The third kappa shape index (κ3) is 5.69. The fourth-order valence-corrected chi connectivity index (χ4v) is 3.44. The van der Waals surface area contributed by atoms with E-state index >= 15 is 0 Å². The Morgan fingerprint density at radius 3 is 2.70 bits per heavy atom. The van der Waals surface area contributed by atoms with Crippen LogP contribution in [0.4, 0.5) is 5.69 Å². The highest BCUT2D eigenvalue weighted by atomic mass is 35.5. The van der Waals surface area contributed by atoms with E-state index < -0.39 is 9.84 Å². The van der Waals surface area contributed by atoms with Crippen molar-refractivity contribution < 1.29 is 13.2 Å². The van der Waals surface area contributed by atoms with Crippen molar-refractivity contribution in [3.05, 3.63) is 24.3 Å². The quantitative estimate of drug-likeness (QED) is 0.532. The molecule has 1 N–H and O–H groups in total. The zero-order valence-corrected chi connectivity index (χ0v) is 13.3. The van der Waals surface area contributed by atoms with E-state index in [4.69, 9.17) is 16.3 Å². The van der Waals surface area contributed by atoms with Crippen LogP contribution in [0.5, 0.6) is 0 Å². The van der Waals surface area contributed by atoms with Crippen molar-refractivity contribution in [3.63, 3.8) is 0 Å². The second-order valence-electron chi connectivity index (χ2n) is 4.40. The second kappa shape index (κ2) is 9.21. The number of alkyl halides is 1. The molecule has 1 aromatic rings. The monoisotopic (exact) mass is 319 g/mol. The summed E-state index contributed by atoms with van der Waals surface area (Å²) in [6.45, 7) is 3.69. The van der Waals surface area contributed by atoms with Gasteiger partial charge in [0.2, 0.25) is 0 Å².